The quantitative estimate of drug-likeness (QED) is 0.487. The van der Waals surface area contributed by atoms with E-state index >= 15 is 0 Å². The molecule has 36 heavy (non-hydrogen) atoms. The van der Waals surface area contributed by atoms with Crippen LogP contribution < -0.4 is 5.32 Å². The number of nitrogens with zero attached hydrogens (tertiary/aromatic N) is 3. The van der Waals surface area contributed by atoms with Crippen LogP contribution in [0, 0.1) is 6.92 Å². The van der Waals surface area contributed by atoms with E-state index in [1.165, 1.54) is 23.3 Å². The first kappa shape index (κ1) is 25.6. The molecule has 2 heterocycles. The molecule has 3 aromatic rings. The van der Waals surface area contributed by atoms with Gasteiger partial charge in [0.05, 0.1) is 15.9 Å². The van der Waals surface area contributed by atoms with Gasteiger partial charge in [-0.3, -0.25) is 14.6 Å². The van der Waals surface area contributed by atoms with Gasteiger partial charge in [0, 0.05) is 12.5 Å². The molecule has 2 atom stereocenters. The van der Waals surface area contributed by atoms with Gasteiger partial charge in [-0.2, -0.15) is 10.1 Å². The minimum atomic E-state index is -3.34. The number of carbonyl (C=O) groups excluding carboxylic acids is 2. The maximum absolute atomic E-state index is 13.3. The number of benzene rings is 2. The van der Waals surface area contributed by atoms with Crippen molar-refractivity contribution in [2.45, 2.75) is 36.6 Å². The zero-order chi connectivity index (χ0) is 25.9. The molecule has 8 nitrogen and oxygen atoms in total. The minimum Gasteiger partial charge on any atom is -0.325 e. The summed E-state index contributed by atoms with van der Waals surface area (Å²) in [6, 6.07) is 19.0. The van der Waals surface area contributed by atoms with Crippen LogP contribution >= 0.6 is 11.8 Å². The van der Waals surface area contributed by atoms with E-state index in [-0.39, 0.29) is 21.1 Å². The fourth-order valence-corrected chi connectivity index (χ4v) is 5.33. The average Bonchev–Trinajstić information content (AvgIpc) is 2.88. The van der Waals surface area contributed by atoms with Crippen molar-refractivity contribution in [2.75, 3.05) is 6.26 Å². The number of rotatable bonds is 7. The van der Waals surface area contributed by atoms with Crippen molar-refractivity contribution >= 4 is 38.5 Å². The van der Waals surface area contributed by atoms with Gasteiger partial charge in [0.25, 0.3) is 5.91 Å². The molecule has 2 unspecified atom stereocenters. The highest BCUT2D eigenvalue weighted by atomic mass is 32.2. The van der Waals surface area contributed by atoms with Crippen molar-refractivity contribution in [3.8, 4) is 0 Å². The van der Waals surface area contributed by atoms with Gasteiger partial charge in [-0.1, -0.05) is 66.7 Å². The lowest BCUT2D eigenvalue weighted by Crippen LogP contribution is -2.44. The third-order valence-electron chi connectivity index (χ3n) is 5.70. The first-order valence-corrected chi connectivity index (χ1v) is 14.1. The molecule has 0 saturated heterocycles. The number of hydrogen-bond acceptors (Lipinski definition) is 7. The fourth-order valence-electron chi connectivity index (χ4n) is 3.74. The van der Waals surface area contributed by atoms with E-state index in [1.807, 2.05) is 38.1 Å². The molecule has 0 fully saturated rings. The van der Waals surface area contributed by atoms with Crippen molar-refractivity contribution in [1.82, 2.24) is 15.3 Å². The van der Waals surface area contributed by atoms with E-state index in [1.54, 1.807) is 30.3 Å². The summed E-state index contributed by atoms with van der Waals surface area (Å²) in [5, 5.41) is 8.38. The number of thioether (sulfide) groups is 1. The highest BCUT2D eigenvalue weighted by Crippen LogP contribution is 2.33. The van der Waals surface area contributed by atoms with Crippen LogP contribution in [0.25, 0.3) is 0 Å². The second-order valence-corrected chi connectivity index (χ2v) is 11.6. The zero-order valence-corrected chi connectivity index (χ0v) is 21.7. The summed E-state index contributed by atoms with van der Waals surface area (Å²) in [6.07, 6.45) is 2.46. The molecule has 1 aromatic heterocycles. The van der Waals surface area contributed by atoms with Crippen molar-refractivity contribution in [1.29, 1.82) is 0 Å². The molecule has 1 aliphatic heterocycles. The van der Waals surface area contributed by atoms with Gasteiger partial charge in [-0.25, -0.2) is 8.42 Å². The number of nitrogens with one attached hydrogen (secondary N) is 1. The number of pyridine rings is 1. The van der Waals surface area contributed by atoms with Gasteiger partial charge in [0.2, 0.25) is 0 Å². The Hall–Kier alpha value is -3.50. The Morgan fingerprint density at radius 2 is 1.78 bits per heavy atom. The molecule has 0 radical (unpaired) electrons. The Labute approximate surface area is 214 Å². The summed E-state index contributed by atoms with van der Waals surface area (Å²) in [4.78, 5) is 30.6. The molecular formula is C26H26N4O4S2. The second kappa shape index (κ2) is 10.6. The third kappa shape index (κ3) is 5.66. The Bertz CT molecular complexity index is 1390. The predicted octanol–water partition coefficient (Wildman–Crippen LogP) is 4.57. The van der Waals surface area contributed by atoms with Crippen molar-refractivity contribution < 1.29 is 18.0 Å². The smallest absolute Gasteiger partial charge is 0.304 e. The molecule has 4 rings (SSSR count). The summed E-state index contributed by atoms with van der Waals surface area (Å²) >= 11 is 1.13. The van der Waals surface area contributed by atoms with Crippen LogP contribution in [0.1, 0.15) is 46.7 Å². The van der Waals surface area contributed by atoms with Crippen LogP contribution in [-0.2, 0) is 9.84 Å². The van der Waals surface area contributed by atoms with Gasteiger partial charge in [0.1, 0.15) is 5.69 Å². The lowest BCUT2D eigenvalue weighted by molar-refractivity contribution is 0.0882. The molecule has 186 valence electrons. The highest BCUT2D eigenvalue weighted by Gasteiger charge is 2.36. The van der Waals surface area contributed by atoms with E-state index in [2.05, 4.69) is 10.3 Å². The van der Waals surface area contributed by atoms with Crippen molar-refractivity contribution in [3.05, 3.63) is 95.3 Å². The van der Waals surface area contributed by atoms with Crippen LogP contribution in [0.5, 0.6) is 0 Å². The van der Waals surface area contributed by atoms with Gasteiger partial charge in [-0.15, -0.1) is 0 Å². The Balaban J connectivity index is 1.76. The van der Waals surface area contributed by atoms with Gasteiger partial charge in [-0.05, 0) is 48.7 Å². The van der Waals surface area contributed by atoms with Crippen molar-refractivity contribution in [2.24, 2.45) is 5.10 Å². The molecule has 0 aliphatic carbocycles. The topological polar surface area (TPSA) is 109 Å². The summed E-state index contributed by atoms with van der Waals surface area (Å²) in [5.74, 6) is -0.439. The van der Waals surface area contributed by atoms with Crippen LogP contribution in [0.3, 0.4) is 0 Å². The summed E-state index contributed by atoms with van der Waals surface area (Å²) in [6.45, 7) is 3.91. The van der Waals surface area contributed by atoms with E-state index in [0.29, 0.717) is 23.3 Å². The monoisotopic (exact) mass is 522 g/mol. The Kier molecular flexibility index (Phi) is 7.56. The lowest BCUT2D eigenvalue weighted by atomic mass is 10.1. The second-order valence-electron chi connectivity index (χ2n) is 8.41. The molecule has 2 aromatic carbocycles. The van der Waals surface area contributed by atoms with Crippen LogP contribution in [0.15, 0.2) is 82.9 Å². The maximum Gasteiger partial charge on any atom is 0.304 e. The molecule has 2 amide bonds. The number of carbonyl (C=O) groups is 2. The first-order chi connectivity index (χ1) is 17.2. The Morgan fingerprint density at radius 3 is 2.36 bits per heavy atom. The molecule has 0 saturated carbocycles. The molecule has 1 N–H and O–H groups in total. The largest absolute Gasteiger partial charge is 0.325 e. The SMILES string of the molecule is CCC1SC(=O)N(C(NC(=O)c2ccccn2)c2ccc(C)cc2)N=C1c1ccc(S(C)(=O)=O)cc1. The minimum absolute atomic E-state index is 0.205. The van der Waals surface area contributed by atoms with E-state index in [0.717, 1.165) is 23.6 Å². The van der Waals surface area contributed by atoms with Crippen molar-refractivity contribution in [3.63, 3.8) is 0 Å². The zero-order valence-electron chi connectivity index (χ0n) is 20.1. The average molecular weight is 523 g/mol. The van der Waals surface area contributed by atoms with E-state index in [9.17, 15) is 18.0 Å². The number of aromatic nitrogens is 1. The lowest BCUT2D eigenvalue weighted by Gasteiger charge is -2.34. The molecule has 1 aliphatic rings. The molecular weight excluding hydrogens is 496 g/mol. The summed E-state index contributed by atoms with van der Waals surface area (Å²) in [5.41, 5.74) is 3.28. The van der Waals surface area contributed by atoms with Gasteiger partial charge >= 0.3 is 5.24 Å². The first-order valence-electron chi connectivity index (χ1n) is 11.3. The molecule has 0 bridgehead atoms. The normalized spacial score (nSPS) is 16.9. The van der Waals surface area contributed by atoms with E-state index < -0.39 is 21.9 Å². The number of amides is 2. The van der Waals surface area contributed by atoms with Gasteiger partial charge < -0.3 is 5.32 Å². The molecule has 10 heteroatoms. The summed E-state index contributed by atoms with van der Waals surface area (Å²) in [7, 11) is -3.34. The Morgan fingerprint density at radius 1 is 1.08 bits per heavy atom. The number of aryl methyl sites for hydroxylation is 1. The maximum atomic E-state index is 13.3. The van der Waals surface area contributed by atoms with Crippen LogP contribution in [0.4, 0.5) is 4.79 Å². The third-order valence-corrected chi connectivity index (χ3v) is 8.06. The molecule has 0 spiro atoms. The number of sulfone groups is 1. The standard InChI is InChI=1S/C26H26N4O4S2/c1-4-22-23(18-12-14-20(15-13-18)36(3,33)34)29-30(26(32)35-22)24(19-10-8-17(2)9-11-19)28-25(31)21-7-5-6-16-27-21/h5-16,22,24H,4H2,1-3H3,(H,28,31). The summed E-state index contributed by atoms with van der Waals surface area (Å²) < 4.78 is 23.8. The van der Waals surface area contributed by atoms with Crippen LogP contribution in [-0.4, -0.2) is 46.8 Å². The highest BCUT2D eigenvalue weighted by molar-refractivity contribution is 8.14. The van der Waals surface area contributed by atoms with E-state index in [4.69, 9.17) is 5.10 Å². The van der Waals surface area contributed by atoms with Gasteiger partial charge in [0.15, 0.2) is 16.0 Å². The van der Waals surface area contributed by atoms with Crippen LogP contribution in [0.2, 0.25) is 0 Å². The number of hydrazone groups is 1. The fraction of sp³-hybridized carbons (Fsp3) is 0.231. The number of hydrogen-bond donors (Lipinski definition) is 1. The predicted molar refractivity (Wildman–Crippen MR) is 141 cm³/mol.